The molecule has 23 heavy (non-hydrogen) atoms. The van der Waals surface area contributed by atoms with Gasteiger partial charge in [-0.05, 0) is 45.2 Å². The van der Waals surface area contributed by atoms with Gasteiger partial charge in [-0.3, -0.25) is 4.90 Å². The monoisotopic (exact) mass is 341 g/mol. The second-order valence-corrected chi connectivity index (χ2v) is 8.10. The molecule has 0 N–H and O–H groups in total. The molecule has 6 nitrogen and oxygen atoms in total. The van der Waals surface area contributed by atoms with Crippen LogP contribution in [-0.4, -0.2) is 48.1 Å². The number of hydrogen-bond donors (Lipinski definition) is 0. The van der Waals surface area contributed by atoms with Crippen LogP contribution >= 0.6 is 0 Å². The molecule has 0 spiro atoms. The molecule has 1 heterocycles. The van der Waals surface area contributed by atoms with Gasteiger partial charge in [0.1, 0.15) is 5.82 Å². The first-order chi connectivity index (χ1) is 10.7. The molecule has 0 aliphatic heterocycles. The molecule has 0 aliphatic rings. The quantitative estimate of drug-likeness (QED) is 0.801. The predicted molar refractivity (Wildman–Crippen MR) is 84.9 cm³/mol. The highest BCUT2D eigenvalue weighted by Crippen LogP contribution is 2.19. The normalized spacial score (nSPS) is 14.9. The molecular weight excluding hydrogens is 321 g/mol. The highest BCUT2D eigenvalue weighted by Gasteiger charge is 2.26. The third kappa shape index (κ3) is 4.35. The first-order valence-corrected chi connectivity index (χ1v) is 9.11. The zero-order chi connectivity index (χ0) is 17.2. The van der Waals surface area contributed by atoms with E-state index in [-0.39, 0.29) is 11.9 Å². The largest absolute Gasteiger partial charge is 0.419 e. The maximum absolute atomic E-state index is 12.9. The topological polar surface area (TPSA) is 76.3 Å². The third-order valence-corrected chi connectivity index (χ3v) is 5.74. The zero-order valence-electron chi connectivity index (χ0n) is 13.5. The second kappa shape index (κ2) is 6.76. The number of benzene rings is 1. The molecule has 0 bridgehead atoms. The van der Waals surface area contributed by atoms with Crippen molar-refractivity contribution in [2.24, 2.45) is 0 Å². The van der Waals surface area contributed by atoms with Crippen molar-refractivity contribution in [2.75, 3.05) is 13.3 Å². The molecule has 0 saturated carbocycles. The SMILES string of the molecule is C[C@@H]([C@H](C)S(C)(=O)=O)N(C)Cc1nnc(-c2ccc(F)cc2)o1. The summed E-state index contributed by atoms with van der Waals surface area (Å²) in [5.74, 6) is 0.341. The Morgan fingerprint density at radius 2 is 1.83 bits per heavy atom. The maximum atomic E-state index is 12.9. The van der Waals surface area contributed by atoms with Gasteiger partial charge in [0.2, 0.25) is 11.8 Å². The number of sulfone groups is 1. The minimum atomic E-state index is -3.13. The van der Waals surface area contributed by atoms with E-state index in [0.29, 0.717) is 23.9 Å². The van der Waals surface area contributed by atoms with Crippen molar-refractivity contribution >= 4 is 9.84 Å². The second-order valence-electron chi connectivity index (χ2n) is 5.70. The summed E-state index contributed by atoms with van der Waals surface area (Å²) >= 11 is 0. The summed E-state index contributed by atoms with van der Waals surface area (Å²) in [7, 11) is -1.33. The lowest BCUT2D eigenvalue weighted by Gasteiger charge is -2.27. The van der Waals surface area contributed by atoms with Crippen LogP contribution in [0.15, 0.2) is 28.7 Å². The van der Waals surface area contributed by atoms with Crippen LogP contribution in [0.5, 0.6) is 0 Å². The first kappa shape index (κ1) is 17.6. The molecule has 2 aromatic rings. The van der Waals surface area contributed by atoms with Crippen LogP contribution in [-0.2, 0) is 16.4 Å². The van der Waals surface area contributed by atoms with Crippen LogP contribution < -0.4 is 0 Å². The van der Waals surface area contributed by atoms with E-state index < -0.39 is 15.1 Å². The van der Waals surface area contributed by atoms with E-state index in [4.69, 9.17) is 4.42 Å². The summed E-state index contributed by atoms with van der Waals surface area (Å²) in [6, 6.07) is 5.56. The number of halogens is 1. The highest BCUT2D eigenvalue weighted by atomic mass is 32.2. The van der Waals surface area contributed by atoms with Crippen LogP contribution in [0.4, 0.5) is 4.39 Å². The molecule has 0 fully saturated rings. The third-order valence-electron chi connectivity index (χ3n) is 3.99. The van der Waals surface area contributed by atoms with Gasteiger partial charge >= 0.3 is 0 Å². The fourth-order valence-electron chi connectivity index (χ4n) is 2.10. The fraction of sp³-hybridized carbons (Fsp3) is 0.467. The lowest BCUT2D eigenvalue weighted by atomic mass is 10.2. The van der Waals surface area contributed by atoms with Crippen molar-refractivity contribution < 1.29 is 17.2 Å². The Labute approximate surface area is 135 Å². The van der Waals surface area contributed by atoms with Crippen molar-refractivity contribution in [3.05, 3.63) is 36.0 Å². The van der Waals surface area contributed by atoms with Crippen LogP contribution in [0.25, 0.3) is 11.5 Å². The number of aromatic nitrogens is 2. The average Bonchev–Trinajstić information content (AvgIpc) is 2.93. The number of rotatable bonds is 6. The lowest BCUT2D eigenvalue weighted by molar-refractivity contribution is 0.223. The van der Waals surface area contributed by atoms with Gasteiger partial charge in [-0.1, -0.05) is 0 Å². The molecular formula is C15H20FN3O3S. The van der Waals surface area contributed by atoms with Gasteiger partial charge in [0, 0.05) is 17.9 Å². The van der Waals surface area contributed by atoms with E-state index >= 15 is 0 Å². The smallest absolute Gasteiger partial charge is 0.247 e. The summed E-state index contributed by atoms with van der Waals surface area (Å²) < 4.78 is 41.8. The Kier molecular flexibility index (Phi) is 5.16. The van der Waals surface area contributed by atoms with E-state index in [2.05, 4.69) is 10.2 Å². The molecule has 0 amide bonds. The molecule has 1 aromatic carbocycles. The van der Waals surface area contributed by atoms with Gasteiger partial charge < -0.3 is 4.42 Å². The summed E-state index contributed by atoms with van der Waals surface area (Å²) in [5.41, 5.74) is 0.630. The van der Waals surface area contributed by atoms with Gasteiger partial charge in [0.15, 0.2) is 9.84 Å². The molecule has 1 aromatic heterocycles. The summed E-state index contributed by atoms with van der Waals surface area (Å²) in [6.45, 7) is 3.84. The van der Waals surface area contributed by atoms with E-state index in [0.717, 1.165) is 0 Å². The molecule has 0 saturated heterocycles. The molecule has 0 aliphatic carbocycles. The first-order valence-electron chi connectivity index (χ1n) is 7.16. The summed E-state index contributed by atoms with van der Waals surface area (Å²) in [5, 5.41) is 7.39. The average molecular weight is 341 g/mol. The molecule has 8 heteroatoms. The van der Waals surface area contributed by atoms with E-state index in [1.807, 2.05) is 11.8 Å². The Balaban J connectivity index is 2.08. The van der Waals surface area contributed by atoms with Gasteiger partial charge in [0.25, 0.3) is 0 Å². The van der Waals surface area contributed by atoms with Gasteiger partial charge in [0.05, 0.1) is 11.8 Å². The van der Waals surface area contributed by atoms with Crippen LogP contribution in [0.2, 0.25) is 0 Å². The van der Waals surface area contributed by atoms with E-state index in [9.17, 15) is 12.8 Å². The molecule has 0 unspecified atom stereocenters. The molecule has 126 valence electrons. The van der Waals surface area contributed by atoms with Crippen molar-refractivity contribution in [2.45, 2.75) is 31.7 Å². The fourth-order valence-corrected chi connectivity index (χ4v) is 3.02. The van der Waals surface area contributed by atoms with Gasteiger partial charge in [-0.15, -0.1) is 10.2 Å². The lowest BCUT2D eigenvalue weighted by Crippen LogP contribution is -2.40. The predicted octanol–water partition coefficient (Wildman–Crippen LogP) is 2.13. The summed E-state index contributed by atoms with van der Waals surface area (Å²) in [6.07, 6.45) is 1.22. The van der Waals surface area contributed by atoms with Crippen molar-refractivity contribution in [3.63, 3.8) is 0 Å². The van der Waals surface area contributed by atoms with Crippen LogP contribution in [0.3, 0.4) is 0 Å². The Bertz CT molecular complexity index is 759. The van der Waals surface area contributed by atoms with Crippen LogP contribution in [0, 0.1) is 5.82 Å². The number of nitrogens with zero attached hydrogens (tertiary/aromatic N) is 3. The maximum Gasteiger partial charge on any atom is 0.247 e. The Morgan fingerprint density at radius 1 is 1.22 bits per heavy atom. The standard InChI is InChI=1S/C15H20FN3O3S/c1-10(11(2)23(4,20)21)19(3)9-14-17-18-15(22-14)12-5-7-13(16)8-6-12/h5-8,10-11H,9H2,1-4H3/t10-,11-/m0/s1. The Hall–Kier alpha value is -1.80. The van der Waals surface area contributed by atoms with Crippen LogP contribution in [0.1, 0.15) is 19.7 Å². The molecule has 2 atom stereocenters. The minimum absolute atomic E-state index is 0.203. The summed E-state index contributed by atoms with van der Waals surface area (Å²) in [4.78, 5) is 1.84. The van der Waals surface area contributed by atoms with Crippen molar-refractivity contribution in [1.82, 2.24) is 15.1 Å². The van der Waals surface area contributed by atoms with E-state index in [1.165, 1.54) is 18.4 Å². The minimum Gasteiger partial charge on any atom is -0.419 e. The van der Waals surface area contributed by atoms with Crippen molar-refractivity contribution in [1.29, 1.82) is 0 Å². The van der Waals surface area contributed by atoms with E-state index in [1.54, 1.807) is 26.1 Å². The molecule has 0 radical (unpaired) electrons. The Morgan fingerprint density at radius 3 is 2.39 bits per heavy atom. The van der Waals surface area contributed by atoms with Crippen molar-refractivity contribution in [3.8, 4) is 11.5 Å². The van der Waals surface area contributed by atoms with Gasteiger partial charge in [-0.2, -0.15) is 0 Å². The zero-order valence-corrected chi connectivity index (χ0v) is 14.3. The highest BCUT2D eigenvalue weighted by molar-refractivity contribution is 7.91. The number of hydrogen-bond acceptors (Lipinski definition) is 6. The van der Waals surface area contributed by atoms with Gasteiger partial charge in [-0.25, -0.2) is 12.8 Å². The molecule has 2 rings (SSSR count).